The lowest BCUT2D eigenvalue weighted by molar-refractivity contribution is 0.0453. The second kappa shape index (κ2) is 7.95. The highest BCUT2D eigenvalue weighted by atomic mass is 32.2. The van der Waals surface area contributed by atoms with Gasteiger partial charge in [0.25, 0.3) is 5.89 Å². The Morgan fingerprint density at radius 1 is 1.29 bits per heavy atom. The van der Waals surface area contributed by atoms with Crippen molar-refractivity contribution in [2.24, 2.45) is 0 Å². The first kappa shape index (κ1) is 18.4. The Bertz CT molecular complexity index is 1090. The van der Waals surface area contributed by atoms with E-state index in [1.54, 1.807) is 25.3 Å². The maximum absolute atomic E-state index is 12.6. The Hall–Kier alpha value is -2.98. The summed E-state index contributed by atoms with van der Waals surface area (Å²) in [6, 6.07) is 5.39. The minimum atomic E-state index is -0.547. The molecule has 0 saturated carbocycles. The molecule has 0 aromatic carbocycles. The Morgan fingerprint density at radius 3 is 2.89 bits per heavy atom. The monoisotopic (exact) mass is 414 g/mol. The molecular formula is C18H14N4O4S2. The number of furan rings is 1. The zero-order chi connectivity index (χ0) is 19.5. The molecule has 0 N–H and O–H groups in total. The van der Waals surface area contributed by atoms with Crippen LogP contribution in [-0.4, -0.2) is 32.3 Å². The molecule has 0 spiro atoms. The third-order valence-corrected chi connectivity index (χ3v) is 5.13. The molecule has 0 saturated heterocycles. The Kier molecular flexibility index (Phi) is 5.22. The van der Waals surface area contributed by atoms with Gasteiger partial charge < -0.3 is 13.7 Å². The molecule has 10 heteroatoms. The highest BCUT2D eigenvalue weighted by Crippen LogP contribution is 2.26. The highest BCUT2D eigenvalue weighted by molar-refractivity contribution is 7.98. The Morgan fingerprint density at radius 2 is 2.18 bits per heavy atom. The normalized spacial score (nSPS) is 10.9. The van der Waals surface area contributed by atoms with Crippen molar-refractivity contribution in [3.63, 3.8) is 0 Å². The second-order valence-electron chi connectivity index (χ2n) is 5.60. The van der Waals surface area contributed by atoms with E-state index in [0.717, 1.165) is 5.56 Å². The molecule has 0 atom stereocenters. The van der Waals surface area contributed by atoms with Gasteiger partial charge in [-0.05, 0) is 36.8 Å². The molecule has 4 aromatic heterocycles. The number of hydrogen-bond acceptors (Lipinski definition) is 10. The lowest BCUT2D eigenvalue weighted by Crippen LogP contribution is -2.12. The predicted octanol–water partition coefficient (Wildman–Crippen LogP) is 4.24. The van der Waals surface area contributed by atoms with Crippen molar-refractivity contribution in [3.05, 3.63) is 52.3 Å². The number of aromatic nitrogens is 4. The van der Waals surface area contributed by atoms with Gasteiger partial charge in [0.05, 0.1) is 17.5 Å². The maximum Gasteiger partial charge on any atom is 0.343 e. The van der Waals surface area contributed by atoms with Crippen molar-refractivity contribution in [2.45, 2.75) is 18.6 Å². The summed E-state index contributed by atoms with van der Waals surface area (Å²) in [5, 5.41) is 8.17. The smallest absolute Gasteiger partial charge is 0.343 e. The standard InChI is InChI=1S/C18H14N4O4S2/c1-10-14(17(27-2)21-15(19-10)12-4-3-6-24-12)18(23)25-8-13-20-16(26-22-13)11-5-7-28-9-11/h3-7,9H,8H2,1-2H3. The second-order valence-corrected chi connectivity index (χ2v) is 7.17. The topological polar surface area (TPSA) is 104 Å². The van der Waals surface area contributed by atoms with Gasteiger partial charge in [0.2, 0.25) is 5.82 Å². The fourth-order valence-corrected chi connectivity index (χ4v) is 3.71. The third-order valence-electron chi connectivity index (χ3n) is 3.76. The van der Waals surface area contributed by atoms with Crippen LogP contribution in [0.25, 0.3) is 23.0 Å². The molecule has 0 aliphatic rings. The molecule has 0 fully saturated rings. The van der Waals surface area contributed by atoms with Gasteiger partial charge in [0.15, 0.2) is 18.2 Å². The summed E-state index contributed by atoms with van der Waals surface area (Å²) >= 11 is 2.86. The molecule has 4 rings (SSSR count). The van der Waals surface area contributed by atoms with E-state index >= 15 is 0 Å². The number of rotatable bonds is 6. The average Bonchev–Trinajstić information content (AvgIpc) is 3.47. The summed E-state index contributed by atoms with van der Waals surface area (Å²) in [5.41, 5.74) is 1.64. The number of esters is 1. The van der Waals surface area contributed by atoms with Gasteiger partial charge in [-0.3, -0.25) is 0 Å². The van der Waals surface area contributed by atoms with Crippen LogP contribution in [0.5, 0.6) is 0 Å². The first-order chi connectivity index (χ1) is 13.7. The van der Waals surface area contributed by atoms with Crippen LogP contribution in [0.1, 0.15) is 21.9 Å². The van der Waals surface area contributed by atoms with E-state index in [1.165, 1.54) is 23.1 Å². The molecule has 142 valence electrons. The summed E-state index contributed by atoms with van der Waals surface area (Å²) in [4.78, 5) is 25.6. The minimum Gasteiger partial charge on any atom is -0.461 e. The zero-order valence-corrected chi connectivity index (χ0v) is 16.5. The van der Waals surface area contributed by atoms with Gasteiger partial charge in [0, 0.05) is 5.38 Å². The predicted molar refractivity (Wildman–Crippen MR) is 103 cm³/mol. The van der Waals surface area contributed by atoms with Crippen LogP contribution in [0, 0.1) is 6.92 Å². The van der Waals surface area contributed by atoms with Crippen molar-refractivity contribution >= 4 is 29.1 Å². The van der Waals surface area contributed by atoms with Gasteiger partial charge in [-0.1, -0.05) is 5.16 Å². The molecule has 4 aromatic rings. The SMILES string of the molecule is CSc1nc(-c2ccco2)nc(C)c1C(=O)OCc1noc(-c2ccsc2)n1. The van der Waals surface area contributed by atoms with Crippen LogP contribution >= 0.6 is 23.1 Å². The number of carbonyl (C=O) groups excluding carboxylic acids is 1. The zero-order valence-electron chi connectivity index (χ0n) is 14.9. The molecule has 0 amide bonds. The van der Waals surface area contributed by atoms with E-state index in [4.69, 9.17) is 13.7 Å². The lowest BCUT2D eigenvalue weighted by Gasteiger charge is -2.10. The van der Waals surface area contributed by atoms with Gasteiger partial charge >= 0.3 is 5.97 Å². The minimum absolute atomic E-state index is 0.111. The van der Waals surface area contributed by atoms with Crippen LogP contribution < -0.4 is 0 Å². The van der Waals surface area contributed by atoms with Crippen molar-refractivity contribution < 1.29 is 18.5 Å². The average molecular weight is 414 g/mol. The van der Waals surface area contributed by atoms with Crippen LogP contribution in [-0.2, 0) is 11.3 Å². The molecule has 8 nitrogen and oxygen atoms in total. The van der Waals surface area contributed by atoms with Crippen LogP contribution in [0.3, 0.4) is 0 Å². The first-order valence-electron chi connectivity index (χ1n) is 8.14. The summed E-state index contributed by atoms with van der Waals surface area (Å²) in [6.07, 6.45) is 3.38. The number of carbonyl (C=O) groups is 1. The van der Waals surface area contributed by atoms with Crippen LogP contribution in [0.15, 0.2) is 49.2 Å². The van der Waals surface area contributed by atoms with Crippen LogP contribution in [0.4, 0.5) is 0 Å². The molecule has 28 heavy (non-hydrogen) atoms. The molecule has 0 unspecified atom stereocenters. The van der Waals surface area contributed by atoms with E-state index in [-0.39, 0.29) is 12.4 Å². The highest BCUT2D eigenvalue weighted by Gasteiger charge is 2.22. The molecular weight excluding hydrogens is 400 g/mol. The number of ether oxygens (including phenoxy) is 1. The van der Waals surface area contributed by atoms with E-state index < -0.39 is 5.97 Å². The summed E-state index contributed by atoms with van der Waals surface area (Å²) in [6.45, 7) is 1.62. The third kappa shape index (κ3) is 3.69. The summed E-state index contributed by atoms with van der Waals surface area (Å²) in [5.74, 6) is 1.08. The quantitative estimate of drug-likeness (QED) is 0.260. The molecule has 0 aliphatic carbocycles. The van der Waals surface area contributed by atoms with E-state index in [2.05, 4.69) is 20.1 Å². The first-order valence-corrected chi connectivity index (χ1v) is 10.3. The number of hydrogen-bond donors (Lipinski definition) is 0. The molecule has 0 aliphatic heterocycles. The van der Waals surface area contributed by atoms with Crippen LogP contribution in [0.2, 0.25) is 0 Å². The Balaban J connectivity index is 1.52. The largest absolute Gasteiger partial charge is 0.461 e. The van der Waals surface area contributed by atoms with Crippen molar-refractivity contribution in [1.29, 1.82) is 0 Å². The fraction of sp³-hybridized carbons (Fsp3) is 0.167. The number of aryl methyl sites for hydroxylation is 1. The van der Waals surface area contributed by atoms with E-state index in [9.17, 15) is 4.79 Å². The van der Waals surface area contributed by atoms with Gasteiger partial charge in [0.1, 0.15) is 10.6 Å². The van der Waals surface area contributed by atoms with Crippen molar-refractivity contribution in [3.8, 4) is 23.0 Å². The molecule has 0 bridgehead atoms. The fourth-order valence-electron chi connectivity index (χ4n) is 2.46. The van der Waals surface area contributed by atoms with Crippen molar-refractivity contribution in [2.75, 3.05) is 6.26 Å². The number of nitrogens with zero attached hydrogens (tertiary/aromatic N) is 4. The van der Waals surface area contributed by atoms with Gasteiger partial charge in [-0.25, -0.2) is 14.8 Å². The van der Waals surface area contributed by atoms with E-state index in [1.807, 2.05) is 23.1 Å². The van der Waals surface area contributed by atoms with Gasteiger partial charge in [-0.15, -0.1) is 11.8 Å². The summed E-state index contributed by atoms with van der Waals surface area (Å²) < 4.78 is 15.9. The summed E-state index contributed by atoms with van der Waals surface area (Å²) in [7, 11) is 0. The maximum atomic E-state index is 12.6. The molecule has 0 radical (unpaired) electrons. The van der Waals surface area contributed by atoms with Gasteiger partial charge in [-0.2, -0.15) is 16.3 Å². The number of thiophene rings is 1. The molecule has 4 heterocycles. The Labute approximate surface area is 168 Å². The van der Waals surface area contributed by atoms with E-state index in [0.29, 0.717) is 33.8 Å². The number of thioether (sulfide) groups is 1. The lowest BCUT2D eigenvalue weighted by atomic mass is 10.2. The van der Waals surface area contributed by atoms with Crippen molar-refractivity contribution in [1.82, 2.24) is 20.1 Å².